The molecule has 1 N–H and O–H groups in total. The molecule has 0 spiro atoms. The molecule has 6 rings (SSSR count). The van der Waals surface area contributed by atoms with Crippen molar-refractivity contribution in [2.45, 2.75) is 18.3 Å². The molecule has 3 heterocycles. The third kappa shape index (κ3) is 4.10. The molecule has 0 radical (unpaired) electrons. The molecule has 1 saturated carbocycles. The van der Waals surface area contributed by atoms with Gasteiger partial charge in [-0.1, -0.05) is 24.3 Å². The van der Waals surface area contributed by atoms with Gasteiger partial charge in [0.05, 0.1) is 24.3 Å². The first-order valence-electron chi connectivity index (χ1n) is 11.8. The highest BCUT2D eigenvalue weighted by atomic mass is 16.7. The van der Waals surface area contributed by atoms with Crippen molar-refractivity contribution in [2.75, 3.05) is 38.4 Å². The largest absolute Gasteiger partial charge is 0.454 e. The molecular weight excluding hydrogens is 446 g/mol. The lowest BCUT2D eigenvalue weighted by Crippen LogP contribution is -2.40. The second kappa shape index (κ2) is 8.70. The van der Waals surface area contributed by atoms with Crippen LogP contribution in [-0.4, -0.2) is 54.8 Å². The molecule has 0 bridgehead atoms. The van der Waals surface area contributed by atoms with Gasteiger partial charge in [-0.05, 0) is 54.8 Å². The van der Waals surface area contributed by atoms with Crippen LogP contribution in [0.2, 0.25) is 0 Å². The Kier molecular flexibility index (Phi) is 5.37. The van der Waals surface area contributed by atoms with E-state index in [0.29, 0.717) is 49.2 Å². The second-order valence-corrected chi connectivity index (χ2v) is 8.99. The van der Waals surface area contributed by atoms with Crippen molar-refractivity contribution < 1.29 is 23.8 Å². The lowest BCUT2D eigenvalue weighted by atomic mass is 9.94. The maximum absolute atomic E-state index is 13.2. The van der Waals surface area contributed by atoms with Gasteiger partial charge in [0.1, 0.15) is 5.82 Å². The molecule has 1 saturated heterocycles. The minimum atomic E-state index is -0.569. The molecule has 3 aromatic rings. The Labute approximate surface area is 202 Å². The zero-order valence-corrected chi connectivity index (χ0v) is 19.2. The molecule has 1 aromatic heterocycles. The maximum Gasteiger partial charge on any atom is 0.254 e. The zero-order chi connectivity index (χ0) is 23.8. The number of morpholine rings is 1. The van der Waals surface area contributed by atoms with Gasteiger partial charge in [0.2, 0.25) is 12.7 Å². The van der Waals surface area contributed by atoms with Crippen LogP contribution in [0.15, 0.2) is 60.7 Å². The topological polar surface area (TPSA) is 90.0 Å². The van der Waals surface area contributed by atoms with Gasteiger partial charge in [-0.2, -0.15) is 0 Å². The number of ether oxygens (including phenoxy) is 3. The van der Waals surface area contributed by atoms with Gasteiger partial charge >= 0.3 is 0 Å². The zero-order valence-electron chi connectivity index (χ0n) is 19.2. The molecule has 8 heteroatoms. The Hall–Kier alpha value is -3.91. The third-order valence-corrected chi connectivity index (χ3v) is 6.83. The van der Waals surface area contributed by atoms with Crippen molar-refractivity contribution in [1.29, 1.82) is 0 Å². The van der Waals surface area contributed by atoms with Gasteiger partial charge in [0.15, 0.2) is 11.5 Å². The molecule has 0 atom stereocenters. The van der Waals surface area contributed by atoms with Crippen LogP contribution in [0, 0.1) is 0 Å². The Morgan fingerprint density at radius 1 is 0.914 bits per heavy atom. The molecule has 2 amide bonds. The van der Waals surface area contributed by atoms with Crippen LogP contribution in [0.4, 0.5) is 5.82 Å². The number of hydrogen-bond acceptors (Lipinski definition) is 6. The summed E-state index contributed by atoms with van der Waals surface area (Å²) in [5.74, 6) is 1.81. The summed E-state index contributed by atoms with van der Waals surface area (Å²) in [7, 11) is 0. The summed E-state index contributed by atoms with van der Waals surface area (Å²) < 4.78 is 16.2. The first kappa shape index (κ1) is 21.6. The van der Waals surface area contributed by atoms with E-state index in [1.54, 1.807) is 11.0 Å². The predicted octanol–water partition coefficient (Wildman–Crippen LogP) is 3.62. The number of rotatable bonds is 5. The number of carbonyl (C=O) groups excluding carboxylic acids is 2. The fourth-order valence-electron chi connectivity index (χ4n) is 4.60. The summed E-state index contributed by atoms with van der Waals surface area (Å²) in [6.45, 7) is 2.57. The summed E-state index contributed by atoms with van der Waals surface area (Å²) >= 11 is 0. The average molecular weight is 472 g/mol. The van der Waals surface area contributed by atoms with Crippen LogP contribution in [0.5, 0.6) is 11.5 Å². The first-order valence-corrected chi connectivity index (χ1v) is 11.8. The van der Waals surface area contributed by atoms with Crippen molar-refractivity contribution in [2.24, 2.45) is 0 Å². The van der Waals surface area contributed by atoms with Gasteiger partial charge in [0.25, 0.3) is 5.91 Å². The van der Waals surface area contributed by atoms with E-state index in [4.69, 9.17) is 14.2 Å². The van der Waals surface area contributed by atoms with Crippen LogP contribution in [0.25, 0.3) is 11.3 Å². The molecule has 2 fully saturated rings. The molecule has 0 unspecified atom stereocenters. The molecule has 3 aliphatic rings. The Balaban J connectivity index is 1.17. The minimum absolute atomic E-state index is 0.00655. The normalized spacial score (nSPS) is 17.7. The van der Waals surface area contributed by atoms with Crippen LogP contribution in [0.1, 0.15) is 28.8 Å². The summed E-state index contributed by atoms with van der Waals surface area (Å²) in [6, 6.07) is 18.6. The highest BCUT2D eigenvalue weighted by molar-refractivity contribution is 6.01. The van der Waals surface area contributed by atoms with E-state index in [1.807, 2.05) is 54.6 Å². The van der Waals surface area contributed by atoms with Crippen LogP contribution >= 0.6 is 0 Å². The van der Waals surface area contributed by atoms with Crippen molar-refractivity contribution in [1.82, 2.24) is 9.88 Å². The summed E-state index contributed by atoms with van der Waals surface area (Å²) in [5, 5.41) is 3.00. The average Bonchev–Trinajstić information content (AvgIpc) is 3.60. The van der Waals surface area contributed by atoms with E-state index < -0.39 is 5.41 Å². The van der Waals surface area contributed by atoms with E-state index in [-0.39, 0.29) is 18.6 Å². The molecule has 178 valence electrons. The van der Waals surface area contributed by atoms with Crippen molar-refractivity contribution in [3.63, 3.8) is 0 Å². The Morgan fingerprint density at radius 3 is 2.46 bits per heavy atom. The summed E-state index contributed by atoms with van der Waals surface area (Å²) in [4.78, 5) is 32.4. The summed E-state index contributed by atoms with van der Waals surface area (Å²) in [6.07, 6.45) is 1.55. The number of benzene rings is 2. The van der Waals surface area contributed by atoms with Gasteiger partial charge < -0.3 is 24.4 Å². The Bertz CT molecular complexity index is 1280. The standard InChI is InChI=1S/C27H25N3O5/c31-25(30-12-14-33-15-13-30)19-6-4-18(5-7-19)21-2-1-3-24(28-21)29-26(32)27(10-11-27)20-8-9-22-23(16-20)35-17-34-22/h1-9,16H,10-15,17H2,(H,28,29,32). The minimum Gasteiger partial charge on any atom is -0.454 e. The molecule has 2 aromatic carbocycles. The fraction of sp³-hybridized carbons (Fsp3) is 0.296. The third-order valence-electron chi connectivity index (χ3n) is 6.83. The van der Waals surface area contributed by atoms with Crippen LogP contribution in [-0.2, 0) is 14.9 Å². The van der Waals surface area contributed by atoms with Gasteiger partial charge in [-0.15, -0.1) is 0 Å². The van der Waals surface area contributed by atoms with Crippen LogP contribution < -0.4 is 14.8 Å². The molecular formula is C27H25N3O5. The number of amides is 2. The van der Waals surface area contributed by atoms with E-state index in [2.05, 4.69) is 10.3 Å². The lowest BCUT2D eigenvalue weighted by Gasteiger charge is -2.26. The first-order chi connectivity index (χ1) is 17.1. The van der Waals surface area contributed by atoms with Crippen molar-refractivity contribution in [3.8, 4) is 22.8 Å². The number of hydrogen-bond donors (Lipinski definition) is 1. The van der Waals surface area contributed by atoms with Gasteiger partial charge in [-0.25, -0.2) is 4.98 Å². The Morgan fingerprint density at radius 2 is 1.69 bits per heavy atom. The van der Waals surface area contributed by atoms with E-state index in [0.717, 1.165) is 29.7 Å². The summed E-state index contributed by atoms with van der Waals surface area (Å²) in [5.41, 5.74) is 2.59. The van der Waals surface area contributed by atoms with Crippen molar-refractivity contribution >= 4 is 17.6 Å². The maximum atomic E-state index is 13.2. The number of anilines is 1. The SMILES string of the molecule is O=C(c1ccc(-c2cccc(NC(=O)C3(c4ccc5c(c4)OCO5)CC3)n2)cc1)N1CCOCC1. The monoisotopic (exact) mass is 471 g/mol. The molecule has 2 aliphatic heterocycles. The highest BCUT2D eigenvalue weighted by Gasteiger charge is 2.51. The molecule has 1 aliphatic carbocycles. The number of carbonyl (C=O) groups is 2. The smallest absolute Gasteiger partial charge is 0.254 e. The molecule has 35 heavy (non-hydrogen) atoms. The van der Waals surface area contributed by atoms with E-state index in [1.165, 1.54) is 0 Å². The quantitative estimate of drug-likeness (QED) is 0.611. The number of pyridine rings is 1. The molecule has 8 nitrogen and oxygen atoms in total. The van der Waals surface area contributed by atoms with E-state index in [9.17, 15) is 9.59 Å². The predicted molar refractivity (Wildman–Crippen MR) is 129 cm³/mol. The fourth-order valence-corrected chi connectivity index (χ4v) is 4.60. The number of aromatic nitrogens is 1. The van der Waals surface area contributed by atoms with Gasteiger partial charge in [-0.3, -0.25) is 9.59 Å². The number of fused-ring (bicyclic) bond motifs is 1. The number of nitrogens with one attached hydrogen (secondary N) is 1. The lowest BCUT2D eigenvalue weighted by molar-refractivity contribution is -0.118. The number of nitrogens with zero attached hydrogens (tertiary/aromatic N) is 2. The van der Waals surface area contributed by atoms with Crippen molar-refractivity contribution in [3.05, 3.63) is 71.8 Å². The van der Waals surface area contributed by atoms with Gasteiger partial charge in [0, 0.05) is 24.2 Å². The second-order valence-electron chi connectivity index (χ2n) is 8.99. The van der Waals surface area contributed by atoms with E-state index >= 15 is 0 Å². The van der Waals surface area contributed by atoms with Crippen LogP contribution in [0.3, 0.4) is 0 Å². The highest BCUT2D eigenvalue weighted by Crippen LogP contribution is 2.51.